The highest BCUT2D eigenvalue weighted by atomic mass is 32.2. The summed E-state index contributed by atoms with van der Waals surface area (Å²) < 4.78 is 32.8. The van der Waals surface area contributed by atoms with Gasteiger partial charge in [-0.1, -0.05) is 36.4 Å². The van der Waals surface area contributed by atoms with Crippen LogP contribution in [0.3, 0.4) is 0 Å². The van der Waals surface area contributed by atoms with Gasteiger partial charge in [0.05, 0.1) is 22.8 Å². The van der Waals surface area contributed by atoms with Crippen LogP contribution in [0.25, 0.3) is 10.8 Å². The first-order chi connectivity index (χ1) is 12.0. The molecule has 1 N–H and O–H groups in total. The quantitative estimate of drug-likeness (QED) is 0.706. The maximum absolute atomic E-state index is 12.6. The summed E-state index contributed by atoms with van der Waals surface area (Å²) in [5.41, 5.74) is 0.818. The molecule has 0 spiro atoms. The van der Waals surface area contributed by atoms with Crippen LogP contribution in [0.5, 0.6) is 0 Å². The summed E-state index contributed by atoms with van der Waals surface area (Å²) in [4.78, 5) is 11.7. The molecule has 3 rings (SSSR count). The molecule has 0 aliphatic rings. The molecule has 3 aromatic rings. The smallest absolute Gasteiger partial charge is 0.338 e. The van der Waals surface area contributed by atoms with Crippen LogP contribution in [-0.4, -0.2) is 21.0 Å². The zero-order valence-corrected chi connectivity index (χ0v) is 14.4. The van der Waals surface area contributed by atoms with Crippen LogP contribution >= 0.6 is 0 Å². The summed E-state index contributed by atoms with van der Waals surface area (Å²) in [6, 6.07) is 18.6. The van der Waals surface area contributed by atoms with E-state index in [1.165, 1.54) is 24.3 Å². The standard InChI is InChI=1S/C19H17NO4S/c1-2-24-19(21)15-10-12-16(13-11-15)25(22,23)20-18-9-5-7-14-6-3-4-8-17(14)18/h3-13,20H,2H2,1H3. The summed E-state index contributed by atoms with van der Waals surface area (Å²) in [5.74, 6) is -0.478. The van der Waals surface area contributed by atoms with E-state index in [9.17, 15) is 13.2 Å². The fraction of sp³-hybridized carbons (Fsp3) is 0.105. The van der Waals surface area contributed by atoms with E-state index in [2.05, 4.69) is 4.72 Å². The molecule has 0 atom stereocenters. The normalized spacial score (nSPS) is 11.2. The topological polar surface area (TPSA) is 72.5 Å². The van der Waals surface area contributed by atoms with Crippen LogP contribution in [0.1, 0.15) is 17.3 Å². The first-order valence-electron chi connectivity index (χ1n) is 7.79. The van der Waals surface area contributed by atoms with Crippen LogP contribution in [0, 0.1) is 0 Å². The van der Waals surface area contributed by atoms with Crippen molar-refractivity contribution in [2.75, 3.05) is 11.3 Å². The second-order valence-corrected chi connectivity index (χ2v) is 7.06. The fourth-order valence-corrected chi connectivity index (χ4v) is 3.58. The number of carbonyl (C=O) groups is 1. The van der Waals surface area contributed by atoms with Gasteiger partial charge < -0.3 is 4.74 Å². The van der Waals surface area contributed by atoms with Gasteiger partial charge in [-0.15, -0.1) is 0 Å². The van der Waals surface area contributed by atoms with Gasteiger partial charge in [-0.2, -0.15) is 0 Å². The van der Waals surface area contributed by atoms with Crippen molar-refractivity contribution in [1.29, 1.82) is 0 Å². The summed E-state index contributed by atoms with van der Waals surface area (Å²) >= 11 is 0. The van der Waals surface area contributed by atoms with Gasteiger partial charge in [0.25, 0.3) is 10.0 Å². The lowest BCUT2D eigenvalue weighted by atomic mass is 10.1. The van der Waals surface area contributed by atoms with Crippen LogP contribution in [0.15, 0.2) is 71.6 Å². The molecule has 0 bridgehead atoms. The zero-order chi connectivity index (χ0) is 17.9. The molecule has 0 aromatic heterocycles. The molecule has 0 saturated carbocycles. The maximum Gasteiger partial charge on any atom is 0.338 e. The second-order valence-electron chi connectivity index (χ2n) is 5.38. The highest BCUT2D eigenvalue weighted by molar-refractivity contribution is 7.92. The molecule has 128 valence electrons. The predicted molar refractivity (Wildman–Crippen MR) is 97.2 cm³/mol. The Morgan fingerprint density at radius 1 is 0.960 bits per heavy atom. The van der Waals surface area contributed by atoms with Gasteiger partial charge in [-0.05, 0) is 42.6 Å². The Morgan fingerprint density at radius 2 is 1.64 bits per heavy atom. The number of ether oxygens (including phenoxy) is 1. The van der Waals surface area contributed by atoms with Gasteiger partial charge in [0.15, 0.2) is 0 Å². The molecular weight excluding hydrogens is 338 g/mol. The highest BCUT2D eigenvalue weighted by Gasteiger charge is 2.16. The van der Waals surface area contributed by atoms with Crippen LogP contribution in [0.4, 0.5) is 5.69 Å². The minimum absolute atomic E-state index is 0.0773. The van der Waals surface area contributed by atoms with E-state index >= 15 is 0 Å². The molecule has 0 unspecified atom stereocenters. The van der Waals surface area contributed by atoms with Crippen molar-refractivity contribution < 1.29 is 17.9 Å². The number of benzene rings is 3. The fourth-order valence-electron chi connectivity index (χ4n) is 2.50. The summed E-state index contributed by atoms with van der Waals surface area (Å²) in [6.45, 7) is 1.98. The molecule has 0 radical (unpaired) electrons. The van der Waals surface area contributed by atoms with E-state index in [4.69, 9.17) is 4.74 Å². The molecule has 5 nitrogen and oxygen atoms in total. The third-order valence-electron chi connectivity index (χ3n) is 3.71. The third kappa shape index (κ3) is 3.64. The SMILES string of the molecule is CCOC(=O)c1ccc(S(=O)(=O)Nc2cccc3ccccc23)cc1. The number of hydrogen-bond donors (Lipinski definition) is 1. The van der Waals surface area contributed by atoms with Crippen molar-refractivity contribution in [2.24, 2.45) is 0 Å². The molecule has 0 aliphatic heterocycles. The van der Waals surface area contributed by atoms with E-state index in [0.29, 0.717) is 11.3 Å². The molecule has 6 heteroatoms. The minimum Gasteiger partial charge on any atom is -0.462 e. The Morgan fingerprint density at radius 3 is 2.36 bits per heavy atom. The van der Waals surface area contributed by atoms with E-state index in [-0.39, 0.29) is 11.5 Å². The maximum atomic E-state index is 12.6. The van der Waals surface area contributed by atoms with Crippen molar-refractivity contribution in [3.8, 4) is 0 Å². The number of fused-ring (bicyclic) bond motifs is 1. The second kappa shape index (κ2) is 6.94. The summed E-state index contributed by atoms with van der Waals surface area (Å²) in [7, 11) is -3.76. The number of hydrogen-bond acceptors (Lipinski definition) is 4. The van der Waals surface area contributed by atoms with E-state index in [1.807, 2.05) is 30.3 Å². The molecule has 3 aromatic carbocycles. The van der Waals surface area contributed by atoms with Gasteiger partial charge >= 0.3 is 5.97 Å². The van der Waals surface area contributed by atoms with Crippen molar-refractivity contribution in [3.05, 3.63) is 72.3 Å². The molecule has 0 aliphatic carbocycles. The lowest BCUT2D eigenvalue weighted by Gasteiger charge is -2.11. The minimum atomic E-state index is -3.76. The van der Waals surface area contributed by atoms with Crippen molar-refractivity contribution in [2.45, 2.75) is 11.8 Å². The third-order valence-corrected chi connectivity index (χ3v) is 5.09. The van der Waals surface area contributed by atoms with Crippen LogP contribution in [0.2, 0.25) is 0 Å². The Hall–Kier alpha value is -2.86. The van der Waals surface area contributed by atoms with E-state index < -0.39 is 16.0 Å². The predicted octanol–water partition coefficient (Wildman–Crippen LogP) is 3.82. The number of esters is 1. The Kier molecular flexibility index (Phi) is 4.72. The lowest BCUT2D eigenvalue weighted by Crippen LogP contribution is -2.13. The average molecular weight is 355 g/mol. The molecule has 25 heavy (non-hydrogen) atoms. The Bertz CT molecular complexity index is 1010. The van der Waals surface area contributed by atoms with Gasteiger partial charge in [0, 0.05) is 5.39 Å². The highest BCUT2D eigenvalue weighted by Crippen LogP contribution is 2.25. The van der Waals surface area contributed by atoms with Crippen molar-refractivity contribution in [3.63, 3.8) is 0 Å². The molecular formula is C19H17NO4S. The van der Waals surface area contributed by atoms with Crippen LogP contribution < -0.4 is 4.72 Å². The number of nitrogens with one attached hydrogen (secondary N) is 1. The number of carbonyl (C=O) groups excluding carboxylic acids is 1. The van der Waals surface area contributed by atoms with Gasteiger partial charge in [0.1, 0.15) is 0 Å². The molecule has 0 amide bonds. The Labute approximate surface area is 146 Å². The summed E-state index contributed by atoms with van der Waals surface area (Å²) in [6.07, 6.45) is 0. The van der Waals surface area contributed by atoms with Gasteiger partial charge in [-0.3, -0.25) is 4.72 Å². The van der Waals surface area contributed by atoms with E-state index in [1.54, 1.807) is 19.1 Å². The molecule has 0 saturated heterocycles. The number of rotatable bonds is 5. The number of anilines is 1. The van der Waals surface area contributed by atoms with Crippen LogP contribution in [-0.2, 0) is 14.8 Å². The molecule has 0 fully saturated rings. The van der Waals surface area contributed by atoms with Gasteiger partial charge in [-0.25, -0.2) is 13.2 Å². The molecule has 0 heterocycles. The first-order valence-corrected chi connectivity index (χ1v) is 9.27. The summed E-state index contributed by atoms with van der Waals surface area (Å²) in [5, 5.41) is 1.76. The lowest BCUT2D eigenvalue weighted by molar-refractivity contribution is 0.0526. The number of sulfonamides is 1. The Balaban J connectivity index is 1.90. The monoisotopic (exact) mass is 355 g/mol. The average Bonchev–Trinajstić information content (AvgIpc) is 2.62. The van der Waals surface area contributed by atoms with Crippen molar-refractivity contribution in [1.82, 2.24) is 0 Å². The van der Waals surface area contributed by atoms with Crippen molar-refractivity contribution >= 4 is 32.5 Å². The largest absolute Gasteiger partial charge is 0.462 e. The van der Waals surface area contributed by atoms with E-state index in [0.717, 1.165) is 10.8 Å². The zero-order valence-electron chi connectivity index (χ0n) is 13.6. The van der Waals surface area contributed by atoms with Gasteiger partial charge in [0.2, 0.25) is 0 Å². The first kappa shape index (κ1) is 17.0.